The fourth-order valence-electron chi connectivity index (χ4n) is 1.36. The predicted molar refractivity (Wildman–Crippen MR) is 61.8 cm³/mol. The molecule has 0 atom stereocenters. The van der Waals surface area contributed by atoms with Crippen molar-refractivity contribution in [2.24, 2.45) is 5.73 Å². The molecule has 2 N–H and O–H groups in total. The Morgan fingerprint density at radius 2 is 2.21 bits per heavy atom. The molecule has 0 radical (unpaired) electrons. The maximum atomic E-state index is 5.46. The second-order valence-corrected chi connectivity index (χ2v) is 3.28. The van der Waals surface area contributed by atoms with Crippen LogP contribution in [0.5, 0.6) is 0 Å². The maximum absolute atomic E-state index is 5.46. The van der Waals surface area contributed by atoms with Gasteiger partial charge >= 0.3 is 0 Å². The Bertz CT molecular complexity index is 213. The molecular formula is C10H20ClN3. The number of unbranched alkanes of at least 4 members (excludes halogenated alkanes) is 1. The zero-order valence-electron chi connectivity index (χ0n) is 8.78. The second-order valence-electron chi connectivity index (χ2n) is 3.28. The molecule has 0 unspecified atom stereocenters. The highest BCUT2D eigenvalue weighted by atomic mass is 35.5. The first kappa shape index (κ1) is 13.5. The average Bonchev–Trinajstić information content (AvgIpc) is 2.59. The molecule has 0 bridgehead atoms. The first-order valence-electron chi connectivity index (χ1n) is 5.08. The van der Waals surface area contributed by atoms with Crippen LogP contribution in [-0.2, 0) is 13.0 Å². The van der Waals surface area contributed by atoms with Crippen LogP contribution in [0, 0.1) is 0 Å². The summed E-state index contributed by atoms with van der Waals surface area (Å²) in [4.78, 5) is 4.31. The van der Waals surface area contributed by atoms with E-state index in [0.717, 1.165) is 25.9 Å². The molecule has 0 aliphatic heterocycles. The van der Waals surface area contributed by atoms with Gasteiger partial charge < -0.3 is 10.3 Å². The van der Waals surface area contributed by atoms with Crippen LogP contribution >= 0.6 is 12.4 Å². The monoisotopic (exact) mass is 217 g/mol. The van der Waals surface area contributed by atoms with Crippen LogP contribution in [0.15, 0.2) is 12.4 Å². The highest BCUT2D eigenvalue weighted by molar-refractivity contribution is 5.85. The number of hydrogen-bond acceptors (Lipinski definition) is 2. The summed E-state index contributed by atoms with van der Waals surface area (Å²) in [6.07, 6.45) is 8.43. The Labute approximate surface area is 92.1 Å². The number of aromatic nitrogens is 2. The zero-order valence-corrected chi connectivity index (χ0v) is 9.59. The van der Waals surface area contributed by atoms with Gasteiger partial charge in [0.25, 0.3) is 0 Å². The summed E-state index contributed by atoms with van der Waals surface area (Å²) in [6, 6.07) is 0. The zero-order chi connectivity index (χ0) is 9.52. The summed E-state index contributed by atoms with van der Waals surface area (Å²) >= 11 is 0. The smallest absolute Gasteiger partial charge is 0.108 e. The molecule has 1 heterocycles. The van der Waals surface area contributed by atoms with Crippen molar-refractivity contribution in [3.8, 4) is 0 Å². The van der Waals surface area contributed by atoms with Crippen molar-refractivity contribution in [3.63, 3.8) is 0 Å². The van der Waals surface area contributed by atoms with Gasteiger partial charge in [-0.3, -0.25) is 0 Å². The van der Waals surface area contributed by atoms with Crippen LogP contribution in [0.1, 0.15) is 32.0 Å². The molecule has 0 spiro atoms. The molecule has 14 heavy (non-hydrogen) atoms. The van der Waals surface area contributed by atoms with E-state index in [1.54, 1.807) is 0 Å². The highest BCUT2D eigenvalue weighted by Gasteiger charge is 2.00. The number of imidazole rings is 1. The molecule has 82 valence electrons. The van der Waals surface area contributed by atoms with Crippen LogP contribution in [0.4, 0.5) is 0 Å². The van der Waals surface area contributed by atoms with Gasteiger partial charge in [0.2, 0.25) is 0 Å². The van der Waals surface area contributed by atoms with E-state index in [1.807, 2.05) is 6.20 Å². The van der Waals surface area contributed by atoms with Gasteiger partial charge in [-0.2, -0.15) is 0 Å². The van der Waals surface area contributed by atoms with Gasteiger partial charge in [-0.05, 0) is 19.4 Å². The second kappa shape index (κ2) is 7.83. The number of nitrogens with two attached hydrogens (primary N) is 1. The van der Waals surface area contributed by atoms with E-state index in [1.165, 1.54) is 18.7 Å². The minimum Gasteiger partial charge on any atom is -0.335 e. The summed E-state index contributed by atoms with van der Waals surface area (Å²) in [7, 11) is 0. The van der Waals surface area contributed by atoms with Crippen molar-refractivity contribution in [2.45, 2.75) is 39.2 Å². The van der Waals surface area contributed by atoms with E-state index >= 15 is 0 Å². The highest BCUT2D eigenvalue weighted by Crippen LogP contribution is 2.03. The standard InChI is InChI=1S/C10H19N3.ClH/c1-2-3-8-13-9-7-12-10(13)5-4-6-11;/h7,9H,2-6,8,11H2,1H3;1H. The molecule has 1 rings (SSSR count). The Morgan fingerprint density at radius 3 is 2.86 bits per heavy atom. The van der Waals surface area contributed by atoms with Crippen molar-refractivity contribution in [2.75, 3.05) is 6.54 Å². The summed E-state index contributed by atoms with van der Waals surface area (Å²) in [5.74, 6) is 1.18. The quantitative estimate of drug-likeness (QED) is 0.792. The van der Waals surface area contributed by atoms with Crippen LogP contribution in [0.2, 0.25) is 0 Å². The first-order chi connectivity index (χ1) is 6.38. The molecule has 4 heteroatoms. The molecule has 3 nitrogen and oxygen atoms in total. The maximum Gasteiger partial charge on any atom is 0.108 e. The lowest BCUT2D eigenvalue weighted by molar-refractivity contribution is 0.594. The normalized spacial score (nSPS) is 9.86. The molecular weight excluding hydrogens is 198 g/mol. The van der Waals surface area contributed by atoms with Gasteiger partial charge in [-0.1, -0.05) is 13.3 Å². The van der Waals surface area contributed by atoms with Gasteiger partial charge in [-0.15, -0.1) is 12.4 Å². The minimum atomic E-state index is 0. The molecule has 0 aliphatic rings. The van der Waals surface area contributed by atoms with E-state index in [0.29, 0.717) is 0 Å². The summed E-state index contributed by atoms with van der Waals surface area (Å²) in [6.45, 7) is 4.05. The number of nitrogens with zero attached hydrogens (tertiary/aromatic N) is 2. The van der Waals surface area contributed by atoms with Crippen LogP contribution in [0.3, 0.4) is 0 Å². The molecule has 0 aromatic carbocycles. The lowest BCUT2D eigenvalue weighted by Gasteiger charge is -2.05. The molecule has 0 saturated carbocycles. The van der Waals surface area contributed by atoms with Crippen molar-refractivity contribution < 1.29 is 0 Å². The van der Waals surface area contributed by atoms with E-state index in [-0.39, 0.29) is 12.4 Å². The number of halogens is 1. The fraction of sp³-hybridized carbons (Fsp3) is 0.700. The van der Waals surface area contributed by atoms with Gasteiger partial charge in [0.1, 0.15) is 5.82 Å². The molecule has 0 saturated heterocycles. The van der Waals surface area contributed by atoms with E-state index in [9.17, 15) is 0 Å². The first-order valence-corrected chi connectivity index (χ1v) is 5.08. The molecule has 0 amide bonds. The van der Waals surface area contributed by atoms with Crippen LogP contribution in [0.25, 0.3) is 0 Å². The SMILES string of the molecule is CCCCn1ccnc1CCCN.Cl. The third-order valence-corrected chi connectivity index (χ3v) is 2.16. The summed E-state index contributed by atoms with van der Waals surface area (Å²) in [5.41, 5.74) is 5.46. The summed E-state index contributed by atoms with van der Waals surface area (Å²) < 4.78 is 2.24. The predicted octanol–water partition coefficient (Wildman–Crippen LogP) is 2.00. The Balaban J connectivity index is 0.00000169. The third-order valence-electron chi connectivity index (χ3n) is 2.16. The average molecular weight is 218 g/mol. The van der Waals surface area contributed by atoms with Gasteiger partial charge in [0.15, 0.2) is 0 Å². The lowest BCUT2D eigenvalue weighted by Crippen LogP contribution is -2.06. The largest absolute Gasteiger partial charge is 0.335 e. The van der Waals surface area contributed by atoms with Crippen molar-refractivity contribution in [1.82, 2.24) is 9.55 Å². The third kappa shape index (κ3) is 4.11. The van der Waals surface area contributed by atoms with Gasteiger partial charge in [-0.25, -0.2) is 4.98 Å². The Morgan fingerprint density at radius 1 is 1.43 bits per heavy atom. The van der Waals surface area contributed by atoms with E-state index in [2.05, 4.69) is 22.7 Å². The topological polar surface area (TPSA) is 43.8 Å². The van der Waals surface area contributed by atoms with Crippen LogP contribution in [-0.4, -0.2) is 16.1 Å². The van der Waals surface area contributed by atoms with Crippen molar-refractivity contribution in [3.05, 3.63) is 18.2 Å². The van der Waals surface area contributed by atoms with E-state index in [4.69, 9.17) is 5.73 Å². The molecule has 1 aromatic heterocycles. The Kier molecular flexibility index (Phi) is 7.52. The number of rotatable bonds is 6. The van der Waals surface area contributed by atoms with Gasteiger partial charge in [0.05, 0.1) is 0 Å². The van der Waals surface area contributed by atoms with Crippen molar-refractivity contribution >= 4 is 12.4 Å². The lowest BCUT2D eigenvalue weighted by atomic mass is 10.3. The fourth-order valence-corrected chi connectivity index (χ4v) is 1.36. The minimum absolute atomic E-state index is 0. The molecule has 0 aliphatic carbocycles. The van der Waals surface area contributed by atoms with Gasteiger partial charge in [0, 0.05) is 25.4 Å². The van der Waals surface area contributed by atoms with Crippen LogP contribution < -0.4 is 5.73 Å². The van der Waals surface area contributed by atoms with Crippen molar-refractivity contribution in [1.29, 1.82) is 0 Å². The Hall–Kier alpha value is -0.540. The molecule has 1 aromatic rings. The van der Waals surface area contributed by atoms with E-state index < -0.39 is 0 Å². The number of aryl methyl sites for hydroxylation is 2. The number of hydrogen-bond donors (Lipinski definition) is 1. The summed E-state index contributed by atoms with van der Waals surface area (Å²) in [5, 5.41) is 0. The molecule has 0 fully saturated rings.